The van der Waals surface area contributed by atoms with Crippen molar-refractivity contribution >= 4 is 39.1 Å². The molecule has 3 rings (SSSR count). The van der Waals surface area contributed by atoms with Crippen LogP contribution in [0.3, 0.4) is 0 Å². The molecule has 4 nitrogen and oxygen atoms in total. The minimum absolute atomic E-state index is 0.566. The second-order valence-corrected chi connectivity index (χ2v) is 6.17. The van der Waals surface area contributed by atoms with E-state index in [1.807, 2.05) is 30.3 Å². The molecule has 2 N–H and O–H groups in total. The molecule has 0 aliphatic carbocycles. The molecule has 5 heteroatoms. The molecule has 1 aromatic heterocycles. The minimum Gasteiger partial charge on any atom is -0.339 e. The van der Waals surface area contributed by atoms with E-state index in [0.29, 0.717) is 5.95 Å². The Hall–Kier alpha value is -2.40. The van der Waals surface area contributed by atoms with Crippen molar-refractivity contribution in [1.82, 2.24) is 9.97 Å². The maximum Gasteiger partial charge on any atom is 0.229 e. The first-order chi connectivity index (χ1) is 11.1. The van der Waals surface area contributed by atoms with Gasteiger partial charge in [0.05, 0.1) is 5.69 Å². The summed E-state index contributed by atoms with van der Waals surface area (Å²) in [7, 11) is 0. The van der Waals surface area contributed by atoms with Gasteiger partial charge >= 0.3 is 0 Å². The first-order valence-electron chi connectivity index (χ1n) is 7.31. The van der Waals surface area contributed by atoms with Gasteiger partial charge in [-0.15, -0.1) is 0 Å². The first kappa shape index (κ1) is 15.5. The molecular weight excluding hydrogens is 352 g/mol. The van der Waals surface area contributed by atoms with Crippen LogP contribution in [0, 0.1) is 13.8 Å². The lowest BCUT2D eigenvalue weighted by atomic mass is 10.1. The number of nitrogens with one attached hydrogen (secondary N) is 2. The van der Waals surface area contributed by atoms with Gasteiger partial charge in [-0.3, -0.25) is 0 Å². The molecule has 0 spiro atoms. The number of rotatable bonds is 4. The van der Waals surface area contributed by atoms with Crippen molar-refractivity contribution in [2.75, 3.05) is 10.6 Å². The van der Waals surface area contributed by atoms with Crippen LogP contribution < -0.4 is 10.6 Å². The maximum atomic E-state index is 4.52. The number of para-hydroxylation sites is 1. The number of hydrogen-bond donors (Lipinski definition) is 2. The SMILES string of the molecule is Cc1ccc(C)c(Nc2nccc(Nc3ccccc3Br)n2)c1. The lowest BCUT2D eigenvalue weighted by Gasteiger charge is -2.11. The van der Waals surface area contributed by atoms with Gasteiger partial charge in [-0.1, -0.05) is 24.3 Å². The molecule has 0 radical (unpaired) electrons. The molecule has 23 heavy (non-hydrogen) atoms. The van der Waals surface area contributed by atoms with Crippen LogP contribution in [0.15, 0.2) is 59.2 Å². The van der Waals surface area contributed by atoms with Gasteiger partial charge in [-0.25, -0.2) is 4.98 Å². The van der Waals surface area contributed by atoms with Crippen molar-refractivity contribution < 1.29 is 0 Å². The molecule has 0 aliphatic heterocycles. The summed E-state index contributed by atoms with van der Waals surface area (Å²) in [6, 6.07) is 16.0. The Labute approximate surface area is 144 Å². The van der Waals surface area contributed by atoms with E-state index in [-0.39, 0.29) is 0 Å². The third-order valence-electron chi connectivity index (χ3n) is 3.43. The second-order valence-electron chi connectivity index (χ2n) is 5.31. The Bertz CT molecular complexity index is 833. The summed E-state index contributed by atoms with van der Waals surface area (Å²) < 4.78 is 0.989. The van der Waals surface area contributed by atoms with E-state index in [9.17, 15) is 0 Å². The van der Waals surface area contributed by atoms with Gasteiger partial charge in [-0.05, 0) is 65.2 Å². The maximum absolute atomic E-state index is 4.52. The highest BCUT2D eigenvalue weighted by atomic mass is 79.9. The van der Waals surface area contributed by atoms with Crippen molar-refractivity contribution in [3.63, 3.8) is 0 Å². The number of halogens is 1. The minimum atomic E-state index is 0.566. The highest BCUT2D eigenvalue weighted by Crippen LogP contribution is 2.25. The lowest BCUT2D eigenvalue weighted by molar-refractivity contribution is 1.16. The first-order valence-corrected chi connectivity index (χ1v) is 8.10. The van der Waals surface area contributed by atoms with Gasteiger partial charge in [0.15, 0.2) is 0 Å². The van der Waals surface area contributed by atoms with E-state index in [0.717, 1.165) is 27.2 Å². The fraction of sp³-hybridized carbons (Fsp3) is 0.111. The molecule has 0 aliphatic rings. The number of benzene rings is 2. The summed E-state index contributed by atoms with van der Waals surface area (Å²) in [4.78, 5) is 8.82. The molecule has 3 aromatic rings. The highest BCUT2D eigenvalue weighted by molar-refractivity contribution is 9.10. The highest BCUT2D eigenvalue weighted by Gasteiger charge is 2.05. The smallest absolute Gasteiger partial charge is 0.229 e. The average molecular weight is 369 g/mol. The predicted octanol–water partition coefficient (Wildman–Crippen LogP) is 5.34. The topological polar surface area (TPSA) is 49.8 Å². The van der Waals surface area contributed by atoms with Crippen molar-refractivity contribution in [2.45, 2.75) is 13.8 Å². The van der Waals surface area contributed by atoms with Gasteiger partial charge < -0.3 is 10.6 Å². The van der Waals surface area contributed by atoms with E-state index >= 15 is 0 Å². The van der Waals surface area contributed by atoms with Crippen molar-refractivity contribution in [1.29, 1.82) is 0 Å². The third kappa shape index (κ3) is 3.87. The zero-order valence-electron chi connectivity index (χ0n) is 13.0. The normalized spacial score (nSPS) is 10.4. The Kier molecular flexibility index (Phi) is 4.57. The number of hydrogen-bond acceptors (Lipinski definition) is 4. The largest absolute Gasteiger partial charge is 0.339 e. The monoisotopic (exact) mass is 368 g/mol. The number of anilines is 4. The van der Waals surface area contributed by atoms with Gasteiger partial charge in [0.25, 0.3) is 0 Å². The van der Waals surface area contributed by atoms with Crippen LogP contribution >= 0.6 is 15.9 Å². The number of aryl methyl sites for hydroxylation is 2. The zero-order valence-corrected chi connectivity index (χ0v) is 14.6. The van der Waals surface area contributed by atoms with Gasteiger partial charge in [0.1, 0.15) is 5.82 Å². The summed E-state index contributed by atoms with van der Waals surface area (Å²) in [5.74, 6) is 1.30. The van der Waals surface area contributed by atoms with Crippen LogP contribution in [0.1, 0.15) is 11.1 Å². The molecule has 1 heterocycles. The molecule has 0 unspecified atom stereocenters. The fourth-order valence-electron chi connectivity index (χ4n) is 2.18. The molecule has 0 bridgehead atoms. The summed E-state index contributed by atoms with van der Waals surface area (Å²) in [6.45, 7) is 4.13. The molecular formula is C18H17BrN4. The Morgan fingerprint density at radius 1 is 0.913 bits per heavy atom. The van der Waals surface area contributed by atoms with Gasteiger partial charge in [0.2, 0.25) is 5.95 Å². The average Bonchev–Trinajstić information content (AvgIpc) is 2.54. The molecule has 2 aromatic carbocycles. The molecule has 0 fully saturated rings. The Morgan fingerprint density at radius 2 is 1.74 bits per heavy atom. The van der Waals surface area contributed by atoms with Gasteiger partial charge in [-0.2, -0.15) is 4.98 Å². The van der Waals surface area contributed by atoms with Crippen LogP contribution in [0.2, 0.25) is 0 Å². The summed E-state index contributed by atoms with van der Waals surface area (Å²) >= 11 is 3.52. The van der Waals surface area contributed by atoms with E-state index in [4.69, 9.17) is 0 Å². The van der Waals surface area contributed by atoms with E-state index in [1.54, 1.807) is 6.20 Å². The van der Waals surface area contributed by atoms with E-state index in [1.165, 1.54) is 5.56 Å². The fourth-order valence-corrected chi connectivity index (χ4v) is 2.56. The van der Waals surface area contributed by atoms with Crippen LogP contribution in [-0.2, 0) is 0 Å². The second kappa shape index (κ2) is 6.79. The summed E-state index contributed by atoms with van der Waals surface area (Å²) in [5, 5.41) is 6.57. The molecule has 0 saturated heterocycles. The van der Waals surface area contributed by atoms with Crippen LogP contribution in [0.4, 0.5) is 23.1 Å². The quantitative estimate of drug-likeness (QED) is 0.652. The van der Waals surface area contributed by atoms with Crippen LogP contribution in [-0.4, -0.2) is 9.97 Å². The molecule has 0 amide bonds. The van der Waals surface area contributed by atoms with Gasteiger partial charge in [0, 0.05) is 16.4 Å². The van der Waals surface area contributed by atoms with E-state index in [2.05, 4.69) is 68.6 Å². The number of nitrogens with zero attached hydrogens (tertiary/aromatic N) is 2. The molecule has 116 valence electrons. The lowest BCUT2D eigenvalue weighted by Crippen LogP contribution is -2.01. The summed E-state index contributed by atoms with van der Waals surface area (Å²) in [6.07, 6.45) is 1.74. The van der Waals surface area contributed by atoms with Crippen molar-refractivity contribution in [3.05, 3.63) is 70.3 Å². The zero-order chi connectivity index (χ0) is 16.2. The standard InChI is InChI=1S/C18H17BrN4/c1-12-7-8-13(2)16(11-12)22-18-20-10-9-17(23-18)21-15-6-4-3-5-14(15)19/h3-11H,1-2H3,(H2,20,21,22,23). The number of aromatic nitrogens is 2. The molecule has 0 atom stereocenters. The van der Waals surface area contributed by atoms with Crippen LogP contribution in [0.5, 0.6) is 0 Å². The van der Waals surface area contributed by atoms with Crippen LogP contribution in [0.25, 0.3) is 0 Å². The van der Waals surface area contributed by atoms with Crippen molar-refractivity contribution in [2.24, 2.45) is 0 Å². The molecule has 0 saturated carbocycles. The van der Waals surface area contributed by atoms with E-state index < -0.39 is 0 Å². The Balaban J connectivity index is 1.83. The Morgan fingerprint density at radius 3 is 2.57 bits per heavy atom. The van der Waals surface area contributed by atoms with Crippen molar-refractivity contribution in [3.8, 4) is 0 Å². The summed E-state index contributed by atoms with van der Waals surface area (Å²) in [5.41, 5.74) is 4.33. The third-order valence-corrected chi connectivity index (χ3v) is 4.12. The predicted molar refractivity (Wildman–Crippen MR) is 98.7 cm³/mol.